The van der Waals surface area contributed by atoms with Crippen LogP contribution in [0.1, 0.15) is 36.3 Å². The number of nitrogens with zero attached hydrogens (tertiary/aromatic N) is 2. The van der Waals surface area contributed by atoms with Gasteiger partial charge in [0.2, 0.25) is 0 Å². The van der Waals surface area contributed by atoms with Crippen molar-refractivity contribution in [2.45, 2.75) is 33.3 Å². The van der Waals surface area contributed by atoms with Crippen molar-refractivity contribution in [2.75, 3.05) is 6.54 Å². The molecule has 1 aromatic carbocycles. The van der Waals surface area contributed by atoms with Crippen LogP contribution in [0.4, 0.5) is 0 Å². The molecule has 122 valence electrons. The van der Waals surface area contributed by atoms with E-state index in [1.165, 1.54) is 6.20 Å². The molecule has 6 heteroatoms. The number of carbonyl (C=O) groups excluding carboxylic acids is 2. The fourth-order valence-electron chi connectivity index (χ4n) is 2.16. The maximum atomic E-state index is 12.2. The predicted molar refractivity (Wildman–Crippen MR) is 86.5 cm³/mol. The van der Waals surface area contributed by atoms with Gasteiger partial charge in [-0.25, -0.2) is 4.68 Å². The SMILES string of the molecule is Cc1c(C(=O)NCCC(=O)OC(C)C)cnn1-c1ccccc1. The van der Waals surface area contributed by atoms with Gasteiger partial charge in [-0.3, -0.25) is 9.59 Å². The number of esters is 1. The maximum absolute atomic E-state index is 12.2. The van der Waals surface area contributed by atoms with Crippen LogP contribution in [0.3, 0.4) is 0 Å². The van der Waals surface area contributed by atoms with Crippen molar-refractivity contribution in [3.63, 3.8) is 0 Å². The summed E-state index contributed by atoms with van der Waals surface area (Å²) in [6.45, 7) is 5.65. The summed E-state index contributed by atoms with van der Waals surface area (Å²) in [5.41, 5.74) is 2.13. The summed E-state index contributed by atoms with van der Waals surface area (Å²) in [6, 6.07) is 9.59. The van der Waals surface area contributed by atoms with E-state index < -0.39 is 0 Å². The Morgan fingerprint density at radius 1 is 1.26 bits per heavy atom. The number of carbonyl (C=O) groups is 2. The standard InChI is InChI=1S/C17H21N3O3/c1-12(2)23-16(21)9-10-18-17(22)15-11-19-20(13(15)3)14-7-5-4-6-8-14/h4-8,11-12H,9-10H2,1-3H3,(H,18,22). The van der Waals surface area contributed by atoms with E-state index in [2.05, 4.69) is 10.4 Å². The Bertz CT molecular complexity index is 678. The number of para-hydroxylation sites is 1. The minimum atomic E-state index is -0.322. The molecule has 1 aromatic heterocycles. The number of rotatable bonds is 6. The topological polar surface area (TPSA) is 73.2 Å². The highest BCUT2D eigenvalue weighted by Crippen LogP contribution is 2.13. The molecule has 0 spiro atoms. The number of aromatic nitrogens is 2. The summed E-state index contributed by atoms with van der Waals surface area (Å²) in [5, 5.41) is 6.97. The second-order valence-electron chi connectivity index (χ2n) is 5.44. The Morgan fingerprint density at radius 2 is 1.96 bits per heavy atom. The highest BCUT2D eigenvalue weighted by molar-refractivity contribution is 5.95. The van der Waals surface area contributed by atoms with Gasteiger partial charge in [-0.2, -0.15) is 5.10 Å². The second kappa shape index (κ2) is 7.58. The quantitative estimate of drug-likeness (QED) is 0.830. The van der Waals surface area contributed by atoms with Gasteiger partial charge < -0.3 is 10.1 Å². The molecule has 0 unspecified atom stereocenters. The zero-order valence-corrected chi connectivity index (χ0v) is 13.6. The molecule has 0 aliphatic carbocycles. The molecule has 2 rings (SSSR count). The third-order valence-electron chi connectivity index (χ3n) is 3.24. The summed E-state index contributed by atoms with van der Waals surface area (Å²) < 4.78 is 6.73. The van der Waals surface area contributed by atoms with Crippen LogP contribution in [0.2, 0.25) is 0 Å². The third-order valence-corrected chi connectivity index (χ3v) is 3.24. The second-order valence-corrected chi connectivity index (χ2v) is 5.44. The monoisotopic (exact) mass is 315 g/mol. The summed E-state index contributed by atoms with van der Waals surface area (Å²) in [7, 11) is 0. The first-order valence-corrected chi connectivity index (χ1v) is 7.56. The first-order chi connectivity index (χ1) is 11.0. The molecule has 0 saturated heterocycles. The summed E-state index contributed by atoms with van der Waals surface area (Å²) in [5.74, 6) is -0.570. The van der Waals surface area contributed by atoms with Crippen molar-refractivity contribution in [3.8, 4) is 5.69 Å². The normalized spacial score (nSPS) is 10.6. The summed E-state index contributed by atoms with van der Waals surface area (Å²) in [4.78, 5) is 23.6. The first kappa shape index (κ1) is 16.7. The lowest BCUT2D eigenvalue weighted by Crippen LogP contribution is -2.27. The molecule has 23 heavy (non-hydrogen) atoms. The van der Waals surface area contributed by atoms with Gasteiger partial charge in [-0.05, 0) is 32.9 Å². The Labute approximate surface area is 135 Å². The van der Waals surface area contributed by atoms with Crippen LogP contribution in [0.5, 0.6) is 0 Å². The van der Waals surface area contributed by atoms with Crippen molar-refractivity contribution >= 4 is 11.9 Å². The molecule has 1 heterocycles. The smallest absolute Gasteiger partial charge is 0.307 e. The van der Waals surface area contributed by atoms with Crippen LogP contribution >= 0.6 is 0 Å². The van der Waals surface area contributed by atoms with Crippen molar-refractivity contribution < 1.29 is 14.3 Å². The fraction of sp³-hybridized carbons (Fsp3) is 0.353. The summed E-state index contributed by atoms with van der Waals surface area (Å²) >= 11 is 0. The molecule has 6 nitrogen and oxygen atoms in total. The van der Waals surface area contributed by atoms with Gasteiger partial charge in [-0.15, -0.1) is 0 Å². The first-order valence-electron chi connectivity index (χ1n) is 7.56. The average Bonchev–Trinajstić information content (AvgIpc) is 2.89. The van der Waals surface area contributed by atoms with Gasteiger partial charge in [0.25, 0.3) is 5.91 Å². The molecular formula is C17H21N3O3. The van der Waals surface area contributed by atoms with E-state index in [0.717, 1.165) is 11.4 Å². The lowest BCUT2D eigenvalue weighted by atomic mass is 10.2. The fourth-order valence-corrected chi connectivity index (χ4v) is 2.16. The largest absolute Gasteiger partial charge is 0.463 e. The zero-order chi connectivity index (χ0) is 16.8. The molecule has 0 bridgehead atoms. The minimum Gasteiger partial charge on any atom is -0.463 e. The van der Waals surface area contributed by atoms with Crippen molar-refractivity contribution in [2.24, 2.45) is 0 Å². The molecule has 2 aromatic rings. The highest BCUT2D eigenvalue weighted by Gasteiger charge is 2.15. The number of nitrogens with one attached hydrogen (secondary N) is 1. The lowest BCUT2D eigenvalue weighted by molar-refractivity contribution is -0.147. The van der Waals surface area contributed by atoms with E-state index in [1.54, 1.807) is 18.5 Å². The van der Waals surface area contributed by atoms with Gasteiger partial charge in [-0.1, -0.05) is 18.2 Å². The van der Waals surface area contributed by atoms with E-state index in [-0.39, 0.29) is 30.9 Å². The third kappa shape index (κ3) is 4.42. The molecule has 0 aliphatic rings. The predicted octanol–water partition coefficient (Wildman–Crippen LogP) is 2.25. The van der Waals surface area contributed by atoms with E-state index in [1.807, 2.05) is 37.3 Å². The van der Waals surface area contributed by atoms with Gasteiger partial charge in [0.05, 0.1) is 35.7 Å². The molecule has 0 atom stereocenters. The molecule has 0 aliphatic heterocycles. The van der Waals surface area contributed by atoms with Gasteiger partial charge in [0, 0.05) is 6.54 Å². The van der Waals surface area contributed by atoms with E-state index in [4.69, 9.17) is 4.74 Å². The van der Waals surface area contributed by atoms with Crippen LogP contribution in [0, 0.1) is 6.92 Å². The van der Waals surface area contributed by atoms with Crippen LogP contribution in [0.15, 0.2) is 36.5 Å². The zero-order valence-electron chi connectivity index (χ0n) is 13.6. The van der Waals surface area contributed by atoms with Crippen LogP contribution in [-0.2, 0) is 9.53 Å². The minimum absolute atomic E-state index is 0.149. The molecule has 0 saturated carbocycles. The molecule has 0 fully saturated rings. The Hall–Kier alpha value is -2.63. The number of ether oxygens (including phenoxy) is 1. The van der Waals surface area contributed by atoms with E-state index >= 15 is 0 Å². The Balaban J connectivity index is 1.96. The number of benzene rings is 1. The molecule has 1 amide bonds. The van der Waals surface area contributed by atoms with Crippen LogP contribution in [-0.4, -0.2) is 34.3 Å². The summed E-state index contributed by atoms with van der Waals surface area (Å²) in [6.07, 6.45) is 1.53. The van der Waals surface area contributed by atoms with Gasteiger partial charge >= 0.3 is 5.97 Å². The molecular weight excluding hydrogens is 294 g/mol. The van der Waals surface area contributed by atoms with E-state index in [9.17, 15) is 9.59 Å². The number of amides is 1. The van der Waals surface area contributed by atoms with Crippen molar-refractivity contribution in [1.82, 2.24) is 15.1 Å². The van der Waals surface area contributed by atoms with Crippen molar-refractivity contribution in [1.29, 1.82) is 0 Å². The maximum Gasteiger partial charge on any atom is 0.307 e. The highest BCUT2D eigenvalue weighted by atomic mass is 16.5. The average molecular weight is 315 g/mol. The van der Waals surface area contributed by atoms with E-state index in [0.29, 0.717) is 5.56 Å². The number of hydrogen-bond donors (Lipinski definition) is 1. The Morgan fingerprint density at radius 3 is 2.61 bits per heavy atom. The van der Waals surface area contributed by atoms with Gasteiger partial charge in [0.1, 0.15) is 0 Å². The molecule has 1 N–H and O–H groups in total. The number of hydrogen-bond acceptors (Lipinski definition) is 4. The van der Waals surface area contributed by atoms with Gasteiger partial charge in [0.15, 0.2) is 0 Å². The Kier molecular flexibility index (Phi) is 5.51. The van der Waals surface area contributed by atoms with Crippen LogP contribution < -0.4 is 5.32 Å². The molecule has 0 radical (unpaired) electrons. The van der Waals surface area contributed by atoms with Crippen LogP contribution in [0.25, 0.3) is 5.69 Å². The lowest BCUT2D eigenvalue weighted by Gasteiger charge is -2.08. The van der Waals surface area contributed by atoms with Crippen molar-refractivity contribution in [3.05, 3.63) is 47.8 Å².